The van der Waals surface area contributed by atoms with Gasteiger partial charge in [0.25, 0.3) is 0 Å². The van der Waals surface area contributed by atoms with Crippen molar-refractivity contribution in [2.24, 2.45) is 0 Å². The van der Waals surface area contributed by atoms with Crippen molar-refractivity contribution in [3.8, 4) is 0 Å². The Balaban J connectivity index is 1.57. The number of nitrogens with one attached hydrogen (secondary N) is 2. The van der Waals surface area contributed by atoms with Gasteiger partial charge in [0.1, 0.15) is 6.54 Å². The minimum atomic E-state index is -0.0861. The second-order valence-electron chi connectivity index (χ2n) is 6.54. The van der Waals surface area contributed by atoms with E-state index in [9.17, 15) is 9.59 Å². The van der Waals surface area contributed by atoms with Crippen molar-refractivity contribution >= 4 is 17.5 Å². The summed E-state index contributed by atoms with van der Waals surface area (Å²) in [6, 6.07) is 10.1. The molecule has 1 heterocycles. The normalized spacial score (nSPS) is 19.2. The van der Waals surface area contributed by atoms with Gasteiger partial charge in [-0.2, -0.15) is 0 Å². The van der Waals surface area contributed by atoms with Gasteiger partial charge in [-0.15, -0.1) is 0 Å². The second kappa shape index (κ2) is 7.99. The van der Waals surface area contributed by atoms with Gasteiger partial charge in [0.15, 0.2) is 0 Å². The van der Waals surface area contributed by atoms with Crippen molar-refractivity contribution in [2.75, 3.05) is 6.54 Å². The monoisotopic (exact) mass is 327 g/mol. The highest BCUT2D eigenvalue weighted by Crippen LogP contribution is 2.18. The van der Waals surface area contributed by atoms with Crippen molar-refractivity contribution in [1.29, 1.82) is 0 Å². The Bertz CT molecular complexity index is 604. The number of rotatable bonds is 4. The molecular formula is C19H25N3O2. The third-order valence-electron chi connectivity index (χ3n) is 4.64. The van der Waals surface area contributed by atoms with E-state index in [0.717, 1.165) is 24.1 Å². The Labute approximate surface area is 143 Å². The van der Waals surface area contributed by atoms with Gasteiger partial charge in [-0.3, -0.25) is 15.0 Å². The average molecular weight is 327 g/mol. The van der Waals surface area contributed by atoms with E-state index in [2.05, 4.69) is 10.7 Å². The Morgan fingerprint density at radius 2 is 1.83 bits per heavy atom. The number of carbonyl (C=O) groups excluding carboxylic acids is 2. The van der Waals surface area contributed by atoms with Gasteiger partial charge in [0.05, 0.1) is 5.70 Å². The molecule has 1 aromatic rings. The van der Waals surface area contributed by atoms with Crippen molar-refractivity contribution < 1.29 is 9.59 Å². The van der Waals surface area contributed by atoms with Gasteiger partial charge in [-0.1, -0.05) is 56.0 Å². The molecule has 0 spiro atoms. The lowest BCUT2D eigenvalue weighted by atomic mass is 10.1. The highest BCUT2D eigenvalue weighted by molar-refractivity contribution is 5.88. The maximum Gasteiger partial charge on any atom is 0.245 e. The van der Waals surface area contributed by atoms with Crippen LogP contribution in [0.15, 0.2) is 36.4 Å². The highest BCUT2D eigenvalue weighted by atomic mass is 16.2. The van der Waals surface area contributed by atoms with Crippen LogP contribution in [0.2, 0.25) is 0 Å². The van der Waals surface area contributed by atoms with Crippen molar-refractivity contribution in [2.45, 2.75) is 51.0 Å². The molecule has 1 aromatic carbocycles. The van der Waals surface area contributed by atoms with Crippen LogP contribution in [0.4, 0.5) is 0 Å². The summed E-state index contributed by atoms with van der Waals surface area (Å²) >= 11 is 0. The van der Waals surface area contributed by atoms with Crippen LogP contribution in [-0.2, 0) is 9.59 Å². The van der Waals surface area contributed by atoms with Crippen LogP contribution in [-0.4, -0.2) is 29.4 Å². The van der Waals surface area contributed by atoms with Gasteiger partial charge in [-0.25, -0.2) is 5.01 Å². The zero-order valence-electron chi connectivity index (χ0n) is 14.0. The molecule has 2 aliphatic rings. The first-order valence-electron chi connectivity index (χ1n) is 8.84. The number of hydrogen-bond acceptors (Lipinski definition) is 3. The van der Waals surface area contributed by atoms with Crippen LogP contribution in [0.3, 0.4) is 0 Å². The van der Waals surface area contributed by atoms with E-state index in [1.807, 2.05) is 36.4 Å². The van der Waals surface area contributed by atoms with E-state index in [4.69, 9.17) is 0 Å². The van der Waals surface area contributed by atoms with Gasteiger partial charge < -0.3 is 5.32 Å². The summed E-state index contributed by atoms with van der Waals surface area (Å²) in [5, 5.41) is 4.51. The Morgan fingerprint density at radius 3 is 2.54 bits per heavy atom. The molecule has 0 aromatic heterocycles. The van der Waals surface area contributed by atoms with Crippen molar-refractivity contribution in [1.82, 2.24) is 15.8 Å². The topological polar surface area (TPSA) is 61.4 Å². The molecule has 0 bridgehead atoms. The highest BCUT2D eigenvalue weighted by Gasteiger charge is 2.23. The Kier molecular flexibility index (Phi) is 5.51. The quantitative estimate of drug-likeness (QED) is 0.836. The molecule has 1 fully saturated rings. The second-order valence-corrected chi connectivity index (χ2v) is 6.54. The molecule has 5 heteroatoms. The number of carbonyl (C=O) groups is 2. The Morgan fingerprint density at radius 1 is 1.12 bits per heavy atom. The zero-order chi connectivity index (χ0) is 16.8. The van der Waals surface area contributed by atoms with Crippen LogP contribution < -0.4 is 10.7 Å². The fraction of sp³-hybridized carbons (Fsp3) is 0.474. The molecule has 2 amide bonds. The molecule has 3 rings (SSSR count). The summed E-state index contributed by atoms with van der Waals surface area (Å²) in [4.78, 5) is 24.4. The smallest absolute Gasteiger partial charge is 0.245 e. The first kappa shape index (κ1) is 16.6. The summed E-state index contributed by atoms with van der Waals surface area (Å²) in [6.07, 6.45) is 9.13. The van der Waals surface area contributed by atoms with Crippen molar-refractivity contribution in [3.05, 3.63) is 42.0 Å². The maximum absolute atomic E-state index is 12.3. The van der Waals surface area contributed by atoms with E-state index >= 15 is 0 Å². The summed E-state index contributed by atoms with van der Waals surface area (Å²) < 4.78 is 0. The van der Waals surface area contributed by atoms with Gasteiger partial charge in [-0.05, 0) is 24.5 Å². The molecule has 128 valence electrons. The van der Waals surface area contributed by atoms with Crippen LogP contribution >= 0.6 is 0 Å². The average Bonchev–Trinajstić information content (AvgIpc) is 2.86. The number of hydrogen-bond donors (Lipinski definition) is 2. The molecule has 1 saturated carbocycles. The summed E-state index contributed by atoms with van der Waals surface area (Å²) in [7, 11) is 0. The van der Waals surface area contributed by atoms with Gasteiger partial charge >= 0.3 is 0 Å². The lowest BCUT2D eigenvalue weighted by Gasteiger charge is -2.29. The SMILES string of the molecule is O=C(CN1NC(c2ccccc2)=CCC1=O)NC1CCCCCC1. The minimum Gasteiger partial charge on any atom is -0.352 e. The molecular weight excluding hydrogens is 302 g/mol. The van der Waals surface area contributed by atoms with E-state index < -0.39 is 0 Å². The molecule has 0 saturated heterocycles. The fourth-order valence-electron chi connectivity index (χ4n) is 3.32. The predicted molar refractivity (Wildman–Crippen MR) is 93.5 cm³/mol. The third-order valence-corrected chi connectivity index (χ3v) is 4.64. The van der Waals surface area contributed by atoms with E-state index in [1.165, 1.54) is 30.7 Å². The lowest BCUT2D eigenvalue weighted by Crippen LogP contribution is -2.50. The molecule has 0 radical (unpaired) electrons. The van der Waals surface area contributed by atoms with Gasteiger partial charge in [0.2, 0.25) is 11.8 Å². The largest absolute Gasteiger partial charge is 0.352 e. The summed E-state index contributed by atoms with van der Waals surface area (Å²) in [5.74, 6) is -0.164. The van der Waals surface area contributed by atoms with E-state index in [-0.39, 0.29) is 24.4 Å². The number of amides is 2. The third kappa shape index (κ3) is 4.37. The minimum absolute atomic E-state index is 0.0551. The fourth-order valence-corrected chi connectivity index (χ4v) is 3.32. The molecule has 0 atom stereocenters. The van der Waals surface area contributed by atoms with Crippen LogP contribution in [0.5, 0.6) is 0 Å². The van der Waals surface area contributed by atoms with Gasteiger partial charge in [0, 0.05) is 12.5 Å². The van der Waals surface area contributed by atoms with Crippen LogP contribution in [0, 0.1) is 0 Å². The molecule has 0 unspecified atom stereocenters. The van der Waals surface area contributed by atoms with E-state index in [1.54, 1.807) is 0 Å². The summed E-state index contributed by atoms with van der Waals surface area (Å²) in [5.41, 5.74) is 4.97. The number of benzene rings is 1. The molecule has 2 N–H and O–H groups in total. The van der Waals surface area contributed by atoms with Crippen LogP contribution in [0.25, 0.3) is 5.70 Å². The number of hydrazine groups is 1. The predicted octanol–water partition coefficient (Wildman–Crippen LogP) is 2.60. The van der Waals surface area contributed by atoms with Crippen LogP contribution in [0.1, 0.15) is 50.5 Å². The van der Waals surface area contributed by atoms with Crippen molar-refractivity contribution in [3.63, 3.8) is 0 Å². The molecule has 24 heavy (non-hydrogen) atoms. The first-order chi connectivity index (χ1) is 11.7. The molecule has 1 aliphatic carbocycles. The Hall–Kier alpha value is -2.30. The zero-order valence-corrected chi connectivity index (χ0v) is 14.0. The standard InChI is InChI=1S/C19H25N3O2/c23-18(20-16-10-6-1-2-7-11-16)14-22-19(24)13-12-17(21-22)15-8-4-3-5-9-15/h3-5,8-9,12,16,21H,1-2,6-7,10-11,13-14H2,(H,20,23). The molecule has 1 aliphatic heterocycles. The maximum atomic E-state index is 12.3. The molecule has 5 nitrogen and oxygen atoms in total. The summed E-state index contributed by atoms with van der Waals surface area (Å²) in [6.45, 7) is 0.0551. The first-order valence-corrected chi connectivity index (χ1v) is 8.84. The van der Waals surface area contributed by atoms with E-state index in [0.29, 0.717) is 6.42 Å². The lowest BCUT2D eigenvalue weighted by molar-refractivity contribution is -0.138. The number of nitrogens with zero attached hydrogens (tertiary/aromatic N) is 1.